The second-order valence-corrected chi connectivity index (χ2v) is 8.60. The summed E-state index contributed by atoms with van der Waals surface area (Å²) in [4.78, 5) is 28.9. The summed E-state index contributed by atoms with van der Waals surface area (Å²) in [6.07, 6.45) is 0.0474. The average Bonchev–Trinajstić information content (AvgIpc) is 2.79. The zero-order valence-electron chi connectivity index (χ0n) is 19.0. The van der Waals surface area contributed by atoms with Crippen molar-refractivity contribution in [2.45, 2.75) is 32.9 Å². The molecule has 0 aliphatic heterocycles. The number of amides is 1. The van der Waals surface area contributed by atoms with Gasteiger partial charge in [0, 0.05) is 5.56 Å². The molecule has 174 valence electrons. The highest BCUT2D eigenvalue weighted by Crippen LogP contribution is 2.21. The van der Waals surface area contributed by atoms with E-state index in [1.165, 1.54) is 24.3 Å². The molecular formula is C26H24FN3O3S. The highest BCUT2D eigenvalue weighted by molar-refractivity contribution is 7.71. The van der Waals surface area contributed by atoms with E-state index in [1.54, 1.807) is 18.2 Å². The normalized spacial score (nSPS) is 12.0. The Balaban J connectivity index is 1.63. The van der Waals surface area contributed by atoms with E-state index in [-0.39, 0.29) is 28.5 Å². The maximum Gasteiger partial charge on any atom is 0.266 e. The second-order valence-electron chi connectivity index (χ2n) is 8.22. The van der Waals surface area contributed by atoms with Crippen LogP contribution in [0.1, 0.15) is 42.7 Å². The number of fused-ring (bicyclic) bond motifs is 1. The second kappa shape index (κ2) is 9.61. The third-order valence-corrected chi connectivity index (χ3v) is 5.62. The predicted octanol–water partition coefficient (Wildman–Crippen LogP) is 5.47. The zero-order chi connectivity index (χ0) is 24.4. The predicted molar refractivity (Wildman–Crippen MR) is 133 cm³/mol. The van der Waals surface area contributed by atoms with Gasteiger partial charge in [-0.05, 0) is 81.0 Å². The third kappa shape index (κ3) is 4.77. The van der Waals surface area contributed by atoms with Gasteiger partial charge in [-0.3, -0.25) is 9.59 Å². The van der Waals surface area contributed by atoms with Crippen LogP contribution in [-0.2, 0) is 0 Å². The third-order valence-electron chi connectivity index (χ3n) is 5.33. The summed E-state index contributed by atoms with van der Waals surface area (Å²) in [5.74, 6) is -0.128. The summed E-state index contributed by atoms with van der Waals surface area (Å²) in [7, 11) is 0. The number of nitrogens with one attached hydrogen (secondary N) is 2. The van der Waals surface area contributed by atoms with E-state index in [0.717, 1.165) is 15.9 Å². The molecule has 3 aromatic carbocycles. The standard InChI is InChI=1S/C26H24FN3O3S/c1-15(2)33-19-8-6-7-17(13-19)16(3)28-24(31)18-11-12-20-22(14-18)29-26(34)30(25(20)32)23-10-5-4-9-21(23)27/h4-16H,1-3H3,(H,28,31)(H,29,34). The van der Waals surface area contributed by atoms with Crippen molar-refractivity contribution in [1.82, 2.24) is 14.9 Å². The van der Waals surface area contributed by atoms with Gasteiger partial charge in [0.1, 0.15) is 11.6 Å². The average molecular weight is 478 g/mol. The smallest absolute Gasteiger partial charge is 0.266 e. The van der Waals surface area contributed by atoms with Gasteiger partial charge in [-0.25, -0.2) is 8.96 Å². The van der Waals surface area contributed by atoms with Gasteiger partial charge in [-0.1, -0.05) is 24.3 Å². The van der Waals surface area contributed by atoms with Crippen LogP contribution >= 0.6 is 12.2 Å². The Bertz CT molecular complexity index is 1490. The number of halogens is 1. The fourth-order valence-electron chi connectivity index (χ4n) is 3.70. The van der Waals surface area contributed by atoms with Gasteiger partial charge in [0.2, 0.25) is 0 Å². The number of benzene rings is 3. The number of H-pyrrole nitrogens is 1. The highest BCUT2D eigenvalue weighted by atomic mass is 32.1. The largest absolute Gasteiger partial charge is 0.491 e. The summed E-state index contributed by atoms with van der Waals surface area (Å²) in [6, 6.07) is 17.9. The minimum absolute atomic E-state index is 0.0375. The van der Waals surface area contributed by atoms with Gasteiger partial charge >= 0.3 is 0 Å². The zero-order valence-corrected chi connectivity index (χ0v) is 19.8. The van der Waals surface area contributed by atoms with E-state index in [0.29, 0.717) is 16.5 Å². The van der Waals surface area contributed by atoms with Gasteiger partial charge < -0.3 is 15.0 Å². The van der Waals surface area contributed by atoms with Gasteiger partial charge in [-0.15, -0.1) is 0 Å². The quantitative estimate of drug-likeness (QED) is 0.361. The highest BCUT2D eigenvalue weighted by Gasteiger charge is 2.16. The molecule has 0 saturated heterocycles. The van der Waals surface area contributed by atoms with Crippen molar-refractivity contribution in [3.63, 3.8) is 0 Å². The molecule has 1 aromatic heterocycles. The van der Waals surface area contributed by atoms with E-state index < -0.39 is 11.4 Å². The van der Waals surface area contributed by atoms with Crippen molar-refractivity contribution in [1.29, 1.82) is 0 Å². The van der Waals surface area contributed by atoms with E-state index in [9.17, 15) is 14.0 Å². The lowest BCUT2D eigenvalue weighted by Gasteiger charge is -2.17. The molecule has 1 unspecified atom stereocenters. The summed E-state index contributed by atoms with van der Waals surface area (Å²) >= 11 is 5.32. The maximum absolute atomic E-state index is 14.3. The molecule has 0 spiro atoms. The van der Waals surface area contributed by atoms with Crippen LogP contribution in [0, 0.1) is 10.6 Å². The number of para-hydroxylation sites is 1. The Morgan fingerprint density at radius 2 is 1.82 bits per heavy atom. The van der Waals surface area contributed by atoms with Crippen molar-refractivity contribution in [2.24, 2.45) is 0 Å². The number of carbonyl (C=O) groups excluding carboxylic acids is 1. The summed E-state index contributed by atoms with van der Waals surface area (Å²) < 4.78 is 21.2. The summed E-state index contributed by atoms with van der Waals surface area (Å²) in [5, 5.41) is 3.26. The minimum atomic E-state index is -0.559. The Hall–Kier alpha value is -3.78. The molecule has 0 bridgehead atoms. The Kier molecular flexibility index (Phi) is 6.61. The first-order valence-electron chi connectivity index (χ1n) is 10.9. The molecule has 1 heterocycles. The topological polar surface area (TPSA) is 76.1 Å². The first-order valence-corrected chi connectivity index (χ1v) is 11.3. The van der Waals surface area contributed by atoms with Crippen LogP contribution in [0.4, 0.5) is 4.39 Å². The SMILES string of the molecule is CC(C)Oc1cccc(C(C)NC(=O)c2ccc3c(=O)n(-c4ccccc4F)c(=S)[nH]c3c2)c1. The number of ether oxygens (including phenoxy) is 1. The van der Waals surface area contributed by atoms with Crippen LogP contribution in [0.2, 0.25) is 0 Å². The van der Waals surface area contributed by atoms with Crippen LogP contribution in [-0.4, -0.2) is 21.6 Å². The van der Waals surface area contributed by atoms with Crippen molar-refractivity contribution in [2.75, 3.05) is 0 Å². The lowest BCUT2D eigenvalue weighted by atomic mass is 10.1. The molecule has 0 saturated carbocycles. The Morgan fingerprint density at radius 1 is 1.06 bits per heavy atom. The molecule has 4 aromatic rings. The fourth-order valence-corrected chi connectivity index (χ4v) is 3.99. The van der Waals surface area contributed by atoms with Gasteiger partial charge in [0.15, 0.2) is 4.77 Å². The van der Waals surface area contributed by atoms with Crippen LogP contribution in [0.5, 0.6) is 5.75 Å². The van der Waals surface area contributed by atoms with Crippen molar-refractivity contribution < 1.29 is 13.9 Å². The first kappa shape index (κ1) is 23.4. The summed E-state index contributed by atoms with van der Waals surface area (Å²) in [5.41, 5.74) is 1.26. The lowest BCUT2D eigenvalue weighted by molar-refractivity contribution is 0.0940. The summed E-state index contributed by atoms with van der Waals surface area (Å²) in [6.45, 7) is 5.79. The van der Waals surface area contributed by atoms with Crippen LogP contribution in [0.25, 0.3) is 16.6 Å². The molecule has 34 heavy (non-hydrogen) atoms. The minimum Gasteiger partial charge on any atom is -0.491 e. The number of carbonyl (C=O) groups is 1. The number of rotatable bonds is 6. The number of nitrogens with zero attached hydrogens (tertiary/aromatic N) is 1. The fraction of sp³-hybridized carbons (Fsp3) is 0.192. The van der Waals surface area contributed by atoms with Gasteiger partial charge in [-0.2, -0.15) is 0 Å². The van der Waals surface area contributed by atoms with E-state index in [1.807, 2.05) is 45.0 Å². The van der Waals surface area contributed by atoms with Crippen molar-refractivity contribution in [3.05, 3.63) is 98.8 Å². The molecule has 4 rings (SSSR count). The van der Waals surface area contributed by atoms with Crippen molar-refractivity contribution >= 4 is 29.0 Å². The monoisotopic (exact) mass is 477 g/mol. The number of hydrogen-bond donors (Lipinski definition) is 2. The van der Waals surface area contributed by atoms with Gasteiger partial charge in [0.05, 0.1) is 28.7 Å². The Labute approximate surface area is 201 Å². The molecule has 0 aliphatic carbocycles. The lowest BCUT2D eigenvalue weighted by Crippen LogP contribution is -2.27. The molecule has 8 heteroatoms. The molecule has 0 fully saturated rings. The molecule has 0 aliphatic rings. The first-order chi connectivity index (χ1) is 16.2. The number of aromatic amines is 1. The van der Waals surface area contributed by atoms with E-state index >= 15 is 0 Å². The molecule has 1 atom stereocenters. The van der Waals surface area contributed by atoms with E-state index in [2.05, 4.69) is 10.3 Å². The Morgan fingerprint density at radius 3 is 2.56 bits per heavy atom. The molecular weight excluding hydrogens is 453 g/mol. The number of hydrogen-bond acceptors (Lipinski definition) is 4. The maximum atomic E-state index is 14.3. The molecule has 0 radical (unpaired) electrons. The molecule has 1 amide bonds. The van der Waals surface area contributed by atoms with Gasteiger partial charge in [0.25, 0.3) is 11.5 Å². The van der Waals surface area contributed by atoms with Crippen LogP contribution in [0.15, 0.2) is 71.5 Å². The van der Waals surface area contributed by atoms with Crippen LogP contribution in [0.3, 0.4) is 0 Å². The van der Waals surface area contributed by atoms with E-state index in [4.69, 9.17) is 17.0 Å². The molecule has 2 N–H and O–H groups in total. The number of aromatic nitrogens is 2. The molecule has 6 nitrogen and oxygen atoms in total. The van der Waals surface area contributed by atoms with Crippen LogP contribution < -0.4 is 15.6 Å². The van der Waals surface area contributed by atoms with Crippen molar-refractivity contribution in [3.8, 4) is 11.4 Å².